The van der Waals surface area contributed by atoms with E-state index < -0.39 is 17.3 Å². The van der Waals surface area contributed by atoms with Gasteiger partial charge in [0.1, 0.15) is 5.82 Å². The highest BCUT2D eigenvalue weighted by atomic mass is 19.1. The van der Waals surface area contributed by atoms with Gasteiger partial charge >= 0.3 is 0 Å². The average Bonchev–Trinajstić information content (AvgIpc) is 2.76. The fraction of sp³-hybridized carbons (Fsp3) is 0.438. The highest BCUT2D eigenvalue weighted by molar-refractivity contribution is 5.95. The van der Waals surface area contributed by atoms with Crippen LogP contribution >= 0.6 is 0 Å². The first kappa shape index (κ1) is 15.5. The van der Waals surface area contributed by atoms with Gasteiger partial charge < -0.3 is 15.8 Å². The second kappa shape index (κ2) is 6.25. The molecule has 1 amide bonds. The van der Waals surface area contributed by atoms with Crippen molar-refractivity contribution in [2.24, 2.45) is 5.73 Å². The molecule has 0 saturated carbocycles. The van der Waals surface area contributed by atoms with Crippen molar-refractivity contribution < 1.29 is 13.9 Å². The number of benzene rings is 1. The lowest BCUT2D eigenvalue weighted by atomic mass is 9.94. The maximum Gasteiger partial charge on any atom is 0.254 e. The summed E-state index contributed by atoms with van der Waals surface area (Å²) in [6.45, 7) is 4.60. The summed E-state index contributed by atoms with van der Waals surface area (Å²) >= 11 is 0. The van der Waals surface area contributed by atoms with E-state index >= 15 is 0 Å². The molecule has 2 unspecified atom stereocenters. The Balaban J connectivity index is 2.16. The van der Waals surface area contributed by atoms with Crippen LogP contribution in [0.5, 0.6) is 0 Å². The van der Waals surface area contributed by atoms with Crippen LogP contribution in [0.2, 0.25) is 0 Å². The fourth-order valence-corrected chi connectivity index (χ4v) is 2.26. The summed E-state index contributed by atoms with van der Waals surface area (Å²) in [6, 6.07) is 4.29. The number of amides is 1. The second-order valence-corrected chi connectivity index (χ2v) is 5.34. The molecule has 1 saturated heterocycles. The monoisotopic (exact) mass is 290 g/mol. The Kier molecular flexibility index (Phi) is 4.61. The third kappa shape index (κ3) is 3.41. The molecular formula is C16H19FN2O2. The molecule has 1 fully saturated rings. The van der Waals surface area contributed by atoms with E-state index in [1.165, 1.54) is 12.1 Å². The predicted octanol–water partition coefficient (Wildman–Crippen LogP) is 1.43. The maximum absolute atomic E-state index is 14.0. The van der Waals surface area contributed by atoms with E-state index in [0.29, 0.717) is 18.6 Å². The van der Waals surface area contributed by atoms with E-state index in [9.17, 15) is 9.18 Å². The first-order valence-corrected chi connectivity index (χ1v) is 6.89. The van der Waals surface area contributed by atoms with Crippen molar-refractivity contribution in [2.75, 3.05) is 13.2 Å². The van der Waals surface area contributed by atoms with Crippen LogP contribution in [0.15, 0.2) is 18.2 Å². The van der Waals surface area contributed by atoms with E-state index in [-0.39, 0.29) is 18.2 Å². The summed E-state index contributed by atoms with van der Waals surface area (Å²) in [6.07, 6.45) is 0.612. The van der Waals surface area contributed by atoms with Crippen LogP contribution in [0, 0.1) is 17.7 Å². The zero-order chi connectivity index (χ0) is 15.5. The van der Waals surface area contributed by atoms with E-state index in [0.717, 1.165) is 0 Å². The van der Waals surface area contributed by atoms with Gasteiger partial charge in [0.05, 0.1) is 23.8 Å². The molecule has 21 heavy (non-hydrogen) atoms. The summed E-state index contributed by atoms with van der Waals surface area (Å²) in [4.78, 5) is 12.2. The van der Waals surface area contributed by atoms with Crippen LogP contribution in [0.3, 0.4) is 0 Å². The quantitative estimate of drug-likeness (QED) is 0.810. The Morgan fingerprint density at radius 2 is 2.38 bits per heavy atom. The standard InChI is InChI=1S/C16H19FN2O2/c1-11-16(2,7-9-21-11)19-15(20)13-6-5-12(4-3-8-18)10-14(13)17/h5-6,10-11H,7-9,18H2,1-2H3,(H,19,20). The summed E-state index contributed by atoms with van der Waals surface area (Å²) in [5.74, 6) is 4.35. The van der Waals surface area contributed by atoms with E-state index in [1.807, 2.05) is 13.8 Å². The molecule has 2 rings (SSSR count). The molecule has 5 heteroatoms. The van der Waals surface area contributed by atoms with Gasteiger partial charge in [-0.3, -0.25) is 4.79 Å². The molecular weight excluding hydrogens is 271 g/mol. The molecule has 4 nitrogen and oxygen atoms in total. The minimum Gasteiger partial charge on any atom is -0.376 e. The minimum absolute atomic E-state index is 0.00798. The highest BCUT2D eigenvalue weighted by Gasteiger charge is 2.38. The summed E-state index contributed by atoms with van der Waals surface area (Å²) in [5, 5.41) is 2.86. The molecule has 112 valence electrons. The van der Waals surface area contributed by atoms with Gasteiger partial charge in [-0.05, 0) is 38.5 Å². The number of nitrogens with two attached hydrogens (primary N) is 1. The minimum atomic E-state index is -0.591. The van der Waals surface area contributed by atoms with E-state index in [4.69, 9.17) is 10.5 Å². The molecule has 0 radical (unpaired) electrons. The molecule has 0 bridgehead atoms. The first-order chi connectivity index (χ1) is 9.96. The lowest BCUT2D eigenvalue weighted by molar-refractivity contribution is 0.0724. The van der Waals surface area contributed by atoms with Gasteiger partial charge in [0.15, 0.2) is 0 Å². The molecule has 0 aromatic heterocycles. The van der Waals surface area contributed by atoms with Crippen molar-refractivity contribution in [3.8, 4) is 11.8 Å². The third-order valence-electron chi connectivity index (χ3n) is 3.83. The van der Waals surface area contributed by atoms with Gasteiger partial charge in [-0.25, -0.2) is 4.39 Å². The molecule has 1 aliphatic heterocycles. The van der Waals surface area contributed by atoms with Crippen molar-refractivity contribution >= 4 is 5.91 Å². The lowest BCUT2D eigenvalue weighted by Crippen LogP contribution is -2.50. The van der Waals surface area contributed by atoms with Crippen LogP contribution in [0.4, 0.5) is 4.39 Å². The molecule has 1 aliphatic rings. The smallest absolute Gasteiger partial charge is 0.254 e. The topological polar surface area (TPSA) is 64.3 Å². The van der Waals surface area contributed by atoms with Crippen molar-refractivity contribution in [3.63, 3.8) is 0 Å². The Bertz CT molecular complexity index is 606. The van der Waals surface area contributed by atoms with Crippen LogP contribution < -0.4 is 11.1 Å². The first-order valence-electron chi connectivity index (χ1n) is 6.89. The SMILES string of the molecule is CC1OCCC1(C)NC(=O)c1ccc(C#CCN)cc1F. The summed E-state index contributed by atoms with van der Waals surface area (Å²) < 4.78 is 19.5. The van der Waals surface area contributed by atoms with Crippen molar-refractivity contribution in [2.45, 2.75) is 31.9 Å². The number of carbonyl (C=O) groups excluding carboxylic acids is 1. The largest absolute Gasteiger partial charge is 0.376 e. The van der Waals surface area contributed by atoms with Gasteiger partial charge in [0.25, 0.3) is 5.91 Å². The highest BCUT2D eigenvalue weighted by Crippen LogP contribution is 2.25. The Morgan fingerprint density at radius 3 is 2.95 bits per heavy atom. The third-order valence-corrected chi connectivity index (χ3v) is 3.83. The van der Waals surface area contributed by atoms with Crippen LogP contribution in [-0.4, -0.2) is 30.7 Å². The number of hydrogen-bond donors (Lipinski definition) is 2. The van der Waals surface area contributed by atoms with Gasteiger partial charge in [0.2, 0.25) is 0 Å². The van der Waals surface area contributed by atoms with Crippen molar-refractivity contribution in [1.29, 1.82) is 0 Å². The van der Waals surface area contributed by atoms with E-state index in [2.05, 4.69) is 17.2 Å². The number of ether oxygens (including phenoxy) is 1. The molecule has 0 spiro atoms. The normalized spacial score (nSPS) is 24.3. The zero-order valence-corrected chi connectivity index (χ0v) is 12.2. The Morgan fingerprint density at radius 1 is 1.62 bits per heavy atom. The van der Waals surface area contributed by atoms with Crippen LogP contribution in [-0.2, 0) is 4.74 Å². The number of nitrogens with one attached hydrogen (secondary N) is 1. The van der Waals surface area contributed by atoms with E-state index in [1.54, 1.807) is 6.07 Å². The fourth-order valence-electron chi connectivity index (χ4n) is 2.26. The van der Waals surface area contributed by atoms with Gasteiger partial charge in [-0.1, -0.05) is 11.8 Å². The summed E-state index contributed by atoms with van der Waals surface area (Å²) in [7, 11) is 0. The zero-order valence-electron chi connectivity index (χ0n) is 12.2. The molecule has 3 N–H and O–H groups in total. The lowest BCUT2D eigenvalue weighted by Gasteiger charge is -2.28. The maximum atomic E-state index is 14.0. The van der Waals surface area contributed by atoms with Crippen molar-refractivity contribution in [1.82, 2.24) is 5.32 Å². The average molecular weight is 290 g/mol. The predicted molar refractivity (Wildman–Crippen MR) is 78.2 cm³/mol. The van der Waals surface area contributed by atoms with Crippen LogP contribution in [0.1, 0.15) is 36.2 Å². The Hall–Kier alpha value is -1.90. The van der Waals surface area contributed by atoms with Gasteiger partial charge in [0, 0.05) is 12.2 Å². The number of hydrogen-bond acceptors (Lipinski definition) is 3. The molecule has 2 atom stereocenters. The van der Waals surface area contributed by atoms with Crippen molar-refractivity contribution in [3.05, 3.63) is 35.1 Å². The number of halogens is 1. The molecule has 0 aliphatic carbocycles. The molecule has 1 aromatic rings. The Labute approximate surface area is 123 Å². The molecule has 1 heterocycles. The van der Waals surface area contributed by atoms with Crippen LogP contribution in [0.25, 0.3) is 0 Å². The van der Waals surface area contributed by atoms with Gasteiger partial charge in [-0.2, -0.15) is 0 Å². The van der Waals surface area contributed by atoms with Gasteiger partial charge in [-0.15, -0.1) is 0 Å². The summed E-state index contributed by atoms with van der Waals surface area (Å²) in [5.41, 5.74) is 5.30. The number of rotatable bonds is 2. The molecule has 1 aromatic carbocycles. The number of carbonyl (C=O) groups is 1. The second-order valence-electron chi connectivity index (χ2n) is 5.34.